The molecule has 1 aromatic carbocycles. The van der Waals surface area contributed by atoms with Crippen molar-refractivity contribution >= 4 is 16.7 Å². The smallest absolute Gasteiger partial charge is 0.352 e. The molecule has 0 saturated heterocycles. The van der Waals surface area contributed by atoms with E-state index in [1.54, 1.807) is 0 Å². The van der Waals surface area contributed by atoms with Crippen molar-refractivity contribution in [3.63, 3.8) is 0 Å². The highest BCUT2D eigenvalue weighted by molar-refractivity contribution is 5.94. The molecule has 0 amide bonds. The van der Waals surface area contributed by atoms with Gasteiger partial charge in [0.05, 0.1) is 5.39 Å². The van der Waals surface area contributed by atoms with E-state index in [0.29, 0.717) is 10.8 Å². The van der Waals surface area contributed by atoms with E-state index in [9.17, 15) is 9.59 Å². The molecule has 2 rings (SSSR count). The number of fused-ring (bicyclic) bond motifs is 1. The van der Waals surface area contributed by atoms with Crippen LogP contribution in [-0.2, 0) is 0 Å². The molecule has 2 aromatic rings. The lowest BCUT2D eigenvalue weighted by Gasteiger charge is -2.05. The van der Waals surface area contributed by atoms with Crippen LogP contribution in [0.15, 0.2) is 23.0 Å². The molecule has 0 aliphatic rings. The van der Waals surface area contributed by atoms with E-state index in [4.69, 9.17) is 5.11 Å². The van der Waals surface area contributed by atoms with E-state index >= 15 is 0 Å². The number of carboxylic acids is 1. The summed E-state index contributed by atoms with van der Waals surface area (Å²) in [5.74, 6) is -1.13. The van der Waals surface area contributed by atoms with Gasteiger partial charge in [-0.1, -0.05) is 12.1 Å². The zero-order chi connectivity index (χ0) is 11.9. The highest BCUT2D eigenvalue weighted by atomic mass is 16.4. The number of carboxylic acid groups (broad SMARTS) is 1. The first-order valence-electron chi connectivity index (χ1n) is 4.87. The van der Waals surface area contributed by atoms with Crippen LogP contribution < -0.4 is 5.56 Å². The topological polar surface area (TPSA) is 70.2 Å². The second-order valence-electron chi connectivity index (χ2n) is 3.81. The van der Waals surface area contributed by atoms with Gasteiger partial charge >= 0.3 is 5.97 Å². The Bertz CT molecular complexity index is 640. The summed E-state index contributed by atoms with van der Waals surface area (Å²) >= 11 is 0. The number of benzene rings is 1. The number of hydrogen-bond acceptors (Lipinski definition) is 2. The Morgan fingerprint density at radius 1 is 1.25 bits per heavy atom. The zero-order valence-corrected chi connectivity index (χ0v) is 9.00. The standard InChI is InChI=1S/C12H11NO3/c1-6-3-4-7(2)10-8(6)5-9(12(15)16)13-11(10)14/h3-5H,1-2H3,(H,13,14)(H,15,16). The quantitative estimate of drug-likeness (QED) is 0.765. The Balaban J connectivity index is 2.98. The summed E-state index contributed by atoms with van der Waals surface area (Å²) in [5, 5.41) is 10.1. The van der Waals surface area contributed by atoms with Gasteiger partial charge < -0.3 is 10.1 Å². The fraction of sp³-hybridized carbons (Fsp3) is 0.167. The molecule has 4 nitrogen and oxygen atoms in total. The summed E-state index contributed by atoms with van der Waals surface area (Å²) in [5.41, 5.74) is 1.32. The first kappa shape index (κ1) is 10.4. The van der Waals surface area contributed by atoms with Gasteiger partial charge in [-0.05, 0) is 36.4 Å². The van der Waals surface area contributed by atoms with Gasteiger partial charge in [0.25, 0.3) is 5.56 Å². The van der Waals surface area contributed by atoms with Crippen LogP contribution in [0.5, 0.6) is 0 Å². The van der Waals surface area contributed by atoms with Gasteiger partial charge in [-0.25, -0.2) is 4.79 Å². The summed E-state index contributed by atoms with van der Waals surface area (Å²) in [6.07, 6.45) is 0. The molecule has 16 heavy (non-hydrogen) atoms. The fourth-order valence-electron chi connectivity index (χ4n) is 1.80. The number of aryl methyl sites for hydroxylation is 2. The minimum Gasteiger partial charge on any atom is -0.477 e. The molecule has 2 N–H and O–H groups in total. The molecule has 0 aliphatic heterocycles. The summed E-state index contributed by atoms with van der Waals surface area (Å²) in [7, 11) is 0. The molecular formula is C12H11NO3. The van der Waals surface area contributed by atoms with Crippen LogP contribution in [0.4, 0.5) is 0 Å². The van der Waals surface area contributed by atoms with Crippen molar-refractivity contribution in [2.24, 2.45) is 0 Å². The minimum absolute atomic E-state index is 0.0776. The van der Waals surface area contributed by atoms with Crippen LogP contribution in [0.1, 0.15) is 21.6 Å². The molecule has 0 aliphatic carbocycles. The average Bonchev–Trinajstić information content (AvgIpc) is 2.22. The van der Waals surface area contributed by atoms with Gasteiger partial charge in [-0.3, -0.25) is 4.79 Å². The molecule has 0 saturated carbocycles. The fourth-order valence-corrected chi connectivity index (χ4v) is 1.80. The van der Waals surface area contributed by atoms with Gasteiger partial charge in [0, 0.05) is 0 Å². The normalized spacial score (nSPS) is 10.6. The minimum atomic E-state index is -1.13. The average molecular weight is 217 g/mol. The maximum Gasteiger partial charge on any atom is 0.352 e. The molecule has 0 bridgehead atoms. The van der Waals surface area contributed by atoms with Crippen LogP contribution >= 0.6 is 0 Å². The van der Waals surface area contributed by atoms with Crippen LogP contribution in [0.2, 0.25) is 0 Å². The molecular weight excluding hydrogens is 206 g/mol. The number of aromatic amines is 1. The van der Waals surface area contributed by atoms with Gasteiger partial charge in [-0.2, -0.15) is 0 Å². The van der Waals surface area contributed by atoms with Gasteiger partial charge in [0.15, 0.2) is 0 Å². The van der Waals surface area contributed by atoms with Gasteiger partial charge in [-0.15, -0.1) is 0 Å². The largest absolute Gasteiger partial charge is 0.477 e. The third-order valence-corrected chi connectivity index (χ3v) is 2.67. The SMILES string of the molecule is Cc1ccc(C)c2c(=O)[nH]c(C(=O)O)cc12. The van der Waals surface area contributed by atoms with Crippen LogP contribution in [0.3, 0.4) is 0 Å². The number of aromatic nitrogens is 1. The van der Waals surface area contributed by atoms with Crippen molar-refractivity contribution in [1.29, 1.82) is 0 Å². The molecule has 4 heteroatoms. The third-order valence-electron chi connectivity index (χ3n) is 2.67. The van der Waals surface area contributed by atoms with Gasteiger partial charge in [0.2, 0.25) is 0 Å². The highest BCUT2D eigenvalue weighted by Gasteiger charge is 2.10. The van der Waals surface area contributed by atoms with Crippen molar-refractivity contribution in [3.05, 3.63) is 45.4 Å². The first-order valence-corrected chi connectivity index (χ1v) is 4.87. The van der Waals surface area contributed by atoms with Crippen LogP contribution in [-0.4, -0.2) is 16.1 Å². The molecule has 1 aromatic heterocycles. The lowest BCUT2D eigenvalue weighted by Crippen LogP contribution is -2.14. The van der Waals surface area contributed by atoms with Crippen molar-refractivity contribution in [2.75, 3.05) is 0 Å². The predicted molar refractivity (Wildman–Crippen MR) is 61.0 cm³/mol. The molecule has 0 radical (unpaired) electrons. The van der Waals surface area contributed by atoms with Crippen molar-refractivity contribution < 1.29 is 9.90 Å². The molecule has 0 atom stereocenters. The molecule has 0 unspecified atom stereocenters. The van der Waals surface area contributed by atoms with E-state index in [1.807, 2.05) is 26.0 Å². The number of hydrogen-bond donors (Lipinski definition) is 2. The Morgan fingerprint density at radius 2 is 1.88 bits per heavy atom. The number of nitrogens with one attached hydrogen (secondary N) is 1. The molecule has 0 fully saturated rings. The lowest BCUT2D eigenvalue weighted by atomic mass is 10.0. The summed E-state index contributed by atoms with van der Waals surface area (Å²) < 4.78 is 0. The maximum absolute atomic E-state index is 11.8. The number of H-pyrrole nitrogens is 1. The summed E-state index contributed by atoms with van der Waals surface area (Å²) in [6.45, 7) is 3.68. The van der Waals surface area contributed by atoms with E-state index in [1.165, 1.54) is 6.07 Å². The monoisotopic (exact) mass is 217 g/mol. The second-order valence-corrected chi connectivity index (χ2v) is 3.81. The predicted octanol–water partition coefficient (Wildman–Crippen LogP) is 1.84. The zero-order valence-electron chi connectivity index (χ0n) is 9.00. The number of carbonyl (C=O) groups is 1. The number of pyridine rings is 1. The van der Waals surface area contributed by atoms with Crippen LogP contribution in [0.25, 0.3) is 10.8 Å². The lowest BCUT2D eigenvalue weighted by molar-refractivity contribution is 0.0690. The Kier molecular flexibility index (Phi) is 2.27. The Labute approximate surface area is 91.5 Å². The number of aromatic carboxylic acids is 1. The summed E-state index contributed by atoms with van der Waals surface area (Å²) in [6, 6.07) is 5.23. The van der Waals surface area contributed by atoms with E-state index in [-0.39, 0.29) is 11.3 Å². The van der Waals surface area contributed by atoms with Crippen molar-refractivity contribution in [3.8, 4) is 0 Å². The first-order chi connectivity index (χ1) is 7.50. The molecule has 1 heterocycles. The Morgan fingerprint density at radius 3 is 2.50 bits per heavy atom. The summed E-state index contributed by atoms with van der Waals surface area (Å²) in [4.78, 5) is 24.9. The van der Waals surface area contributed by atoms with E-state index in [2.05, 4.69) is 4.98 Å². The van der Waals surface area contributed by atoms with E-state index < -0.39 is 5.97 Å². The van der Waals surface area contributed by atoms with Gasteiger partial charge in [0.1, 0.15) is 5.69 Å². The second kappa shape index (κ2) is 3.48. The Hall–Kier alpha value is -2.10. The molecule has 0 spiro atoms. The van der Waals surface area contributed by atoms with Crippen molar-refractivity contribution in [1.82, 2.24) is 4.98 Å². The third kappa shape index (κ3) is 1.48. The van der Waals surface area contributed by atoms with E-state index in [0.717, 1.165) is 11.1 Å². The number of rotatable bonds is 1. The van der Waals surface area contributed by atoms with Crippen LogP contribution in [0, 0.1) is 13.8 Å². The highest BCUT2D eigenvalue weighted by Crippen LogP contribution is 2.19. The molecule has 82 valence electrons. The maximum atomic E-state index is 11.8. The van der Waals surface area contributed by atoms with Crippen molar-refractivity contribution in [2.45, 2.75) is 13.8 Å².